The van der Waals surface area contributed by atoms with Crippen LogP contribution in [-0.2, 0) is 4.74 Å². The average molecular weight is 360 g/mol. The first kappa shape index (κ1) is 16.6. The molecule has 1 N–H and O–H groups in total. The highest BCUT2D eigenvalue weighted by molar-refractivity contribution is 5.78. The number of aromatic nitrogens is 4. The molecule has 9 heteroatoms. The van der Waals surface area contributed by atoms with E-state index >= 15 is 0 Å². The molecule has 0 saturated carbocycles. The Hall–Kier alpha value is -2.81. The number of alkyl halides is 2. The molecule has 0 bridgehead atoms. The van der Waals surface area contributed by atoms with Gasteiger partial charge >= 0.3 is 0 Å². The summed E-state index contributed by atoms with van der Waals surface area (Å²) < 4.78 is 34.0. The number of benzene rings is 1. The predicted molar refractivity (Wildman–Crippen MR) is 94.2 cm³/mol. The third-order valence-corrected chi connectivity index (χ3v) is 4.27. The number of halogens is 2. The lowest BCUT2D eigenvalue weighted by Gasteiger charge is -2.28. The van der Waals surface area contributed by atoms with Crippen molar-refractivity contribution in [3.63, 3.8) is 0 Å². The van der Waals surface area contributed by atoms with Crippen molar-refractivity contribution in [2.75, 3.05) is 43.6 Å². The molecule has 1 fully saturated rings. The number of nitrogens with zero attached hydrogens (tertiary/aromatic N) is 5. The third kappa shape index (κ3) is 2.94. The van der Waals surface area contributed by atoms with Crippen LogP contribution in [0.25, 0.3) is 16.9 Å². The van der Waals surface area contributed by atoms with Gasteiger partial charge in [-0.15, -0.1) is 0 Å². The van der Waals surface area contributed by atoms with Gasteiger partial charge in [-0.3, -0.25) is 4.57 Å². The Balaban J connectivity index is 1.89. The highest BCUT2D eigenvalue weighted by atomic mass is 19.3. The fourth-order valence-electron chi connectivity index (χ4n) is 3.03. The summed E-state index contributed by atoms with van der Waals surface area (Å²) in [4.78, 5) is 15.0. The average Bonchev–Trinajstić information content (AvgIpc) is 3.08. The number of nitrogens with one attached hydrogen (secondary N) is 1. The van der Waals surface area contributed by atoms with Crippen molar-refractivity contribution >= 4 is 22.8 Å². The smallest absolute Gasteiger partial charge is 0.296 e. The van der Waals surface area contributed by atoms with Gasteiger partial charge in [-0.2, -0.15) is 9.97 Å². The molecule has 136 valence electrons. The zero-order chi connectivity index (χ0) is 18.1. The second kappa shape index (κ2) is 6.83. The number of hydrogen-bond acceptors (Lipinski definition) is 6. The van der Waals surface area contributed by atoms with Crippen LogP contribution in [0.3, 0.4) is 0 Å². The van der Waals surface area contributed by atoms with E-state index in [1.165, 1.54) is 4.57 Å². The largest absolute Gasteiger partial charge is 0.378 e. The summed E-state index contributed by atoms with van der Waals surface area (Å²) in [6.45, 7) is 2.58. The first-order valence-corrected chi connectivity index (χ1v) is 8.33. The van der Waals surface area contributed by atoms with E-state index in [2.05, 4.69) is 25.2 Å². The van der Waals surface area contributed by atoms with Crippen LogP contribution in [0.1, 0.15) is 12.2 Å². The van der Waals surface area contributed by atoms with E-state index in [9.17, 15) is 8.78 Å². The molecule has 3 aromatic rings. The molecule has 1 aromatic carbocycles. The van der Waals surface area contributed by atoms with Gasteiger partial charge in [0, 0.05) is 26.2 Å². The zero-order valence-corrected chi connectivity index (χ0v) is 14.2. The highest BCUT2D eigenvalue weighted by Crippen LogP contribution is 2.29. The topological polar surface area (TPSA) is 68.1 Å². The molecule has 0 spiro atoms. The molecule has 26 heavy (non-hydrogen) atoms. The molecule has 1 aliphatic heterocycles. The minimum absolute atomic E-state index is 0.333. The summed E-state index contributed by atoms with van der Waals surface area (Å²) in [5.41, 5.74) is 1.08. The molecule has 4 rings (SSSR count). The summed E-state index contributed by atoms with van der Waals surface area (Å²) in [6.07, 6.45) is -2.72. The van der Waals surface area contributed by atoms with Gasteiger partial charge in [0.1, 0.15) is 11.6 Å². The molecule has 0 atom stereocenters. The molecule has 0 aliphatic carbocycles. The maximum absolute atomic E-state index is 13.6. The summed E-state index contributed by atoms with van der Waals surface area (Å²) in [5, 5.41) is 2.90. The van der Waals surface area contributed by atoms with Crippen LogP contribution >= 0.6 is 0 Å². The number of imidazole rings is 1. The molecule has 2 aromatic heterocycles. The van der Waals surface area contributed by atoms with Gasteiger partial charge in [-0.05, 0) is 12.1 Å². The Labute approximate surface area is 148 Å². The molecule has 1 aliphatic rings. The number of rotatable bonds is 4. The minimum atomic E-state index is -2.72. The van der Waals surface area contributed by atoms with E-state index < -0.39 is 6.43 Å². The summed E-state index contributed by atoms with van der Waals surface area (Å²) in [6, 6.07) is 8.74. The van der Waals surface area contributed by atoms with Gasteiger partial charge in [0.2, 0.25) is 5.95 Å². The van der Waals surface area contributed by atoms with Crippen LogP contribution in [0.2, 0.25) is 0 Å². The Morgan fingerprint density at radius 3 is 2.54 bits per heavy atom. The lowest BCUT2D eigenvalue weighted by molar-refractivity contribution is 0.122. The lowest BCUT2D eigenvalue weighted by atomic mass is 10.3. The molecule has 0 amide bonds. The predicted octanol–water partition coefficient (Wildman–Crippen LogP) is 2.63. The van der Waals surface area contributed by atoms with Crippen LogP contribution in [0.15, 0.2) is 30.3 Å². The van der Waals surface area contributed by atoms with Gasteiger partial charge in [0.05, 0.1) is 24.2 Å². The minimum Gasteiger partial charge on any atom is -0.378 e. The number of ether oxygens (including phenoxy) is 1. The fourth-order valence-corrected chi connectivity index (χ4v) is 3.03. The van der Waals surface area contributed by atoms with E-state index in [1.807, 2.05) is 0 Å². The molecule has 3 heterocycles. The van der Waals surface area contributed by atoms with E-state index in [4.69, 9.17) is 4.74 Å². The maximum Gasteiger partial charge on any atom is 0.296 e. The number of morpholine rings is 1. The number of anilines is 2. The molecular weight excluding hydrogens is 342 g/mol. The second-order valence-electron chi connectivity index (χ2n) is 5.85. The van der Waals surface area contributed by atoms with Gasteiger partial charge in [0.25, 0.3) is 6.43 Å². The van der Waals surface area contributed by atoms with Crippen molar-refractivity contribution in [3.05, 3.63) is 36.2 Å². The Bertz CT molecular complexity index is 923. The lowest BCUT2D eigenvalue weighted by Crippen LogP contribution is -2.37. The molecule has 1 saturated heterocycles. The highest BCUT2D eigenvalue weighted by Gasteiger charge is 2.23. The molecule has 7 nitrogen and oxygen atoms in total. The van der Waals surface area contributed by atoms with E-state index in [-0.39, 0.29) is 5.82 Å². The second-order valence-corrected chi connectivity index (χ2v) is 5.85. The number of fused-ring (bicyclic) bond motifs is 1. The van der Waals surface area contributed by atoms with E-state index in [0.29, 0.717) is 54.9 Å². The van der Waals surface area contributed by atoms with Crippen molar-refractivity contribution < 1.29 is 13.5 Å². The SMILES string of the molecule is CNc1nc(N2CCOCC2)cc(-n2c(C(F)F)nc3ccccc32)n1. The molecular formula is C17H18F2N6O. The summed E-state index contributed by atoms with van der Waals surface area (Å²) in [5.74, 6) is 1.05. The van der Waals surface area contributed by atoms with Crippen molar-refractivity contribution in [1.29, 1.82) is 0 Å². The Kier molecular flexibility index (Phi) is 4.37. The molecule has 0 unspecified atom stereocenters. The van der Waals surface area contributed by atoms with Gasteiger partial charge in [-0.25, -0.2) is 13.8 Å². The van der Waals surface area contributed by atoms with Crippen molar-refractivity contribution in [2.24, 2.45) is 0 Å². The Morgan fingerprint density at radius 1 is 1.08 bits per heavy atom. The van der Waals surface area contributed by atoms with Crippen LogP contribution in [-0.4, -0.2) is 52.9 Å². The standard InChI is InChI=1S/C17H18F2N6O/c1-20-17-22-13(24-6-8-26-9-7-24)10-14(23-17)25-12-5-3-2-4-11(12)21-16(25)15(18)19/h2-5,10,15H,6-9H2,1H3,(H,20,22,23). The van der Waals surface area contributed by atoms with Crippen LogP contribution in [0, 0.1) is 0 Å². The van der Waals surface area contributed by atoms with Crippen molar-refractivity contribution in [3.8, 4) is 5.82 Å². The zero-order valence-electron chi connectivity index (χ0n) is 14.2. The van der Waals surface area contributed by atoms with Crippen LogP contribution in [0.5, 0.6) is 0 Å². The van der Waals surface area contributed by atoms with Crippen molar-refractivity contribution in [2.45, 2.75) is 6.43 Å². The number of para-hydroxylation sites is 2. The quantitative estimate of drug-likeness (QED) is 0.771. The summed E-state index contributed by atoms with van der Waals surface area (Å²) >= 11 is 0. The van der Waals surface area contributed by atoms with Crippen LogP contribution in [0.4, 0.5) is 20.5 Å². The maximum atomic E-state index is 13.6. The van der Waals surface area contributed by atoms with Gasteiger partial charge < -0.3 is 15.0 Å². The van der Waals surface area contributed by atoms with E-state index in [0.717, 1.165) is 0 Å². The third-order valence-electron chi connectivity index (χ3n) is 4.27. The normalized spacial score (nSPS) is 15.0. The first-order valence-electron chi connectivity index (χ1n) is 8.33. The monoisotopic (exact) mass is 360 g/mol. The first-order chi connectivity index (χ1) is 12.7. The molecule has 0 radical (unpaired) electrons. The number of hydrogen-bond donors (Lipinski definition) is 1. The van der Waals surface area contributed by atoms with Crippen LogP contribution < -0.4 is 10.2 Å². The Morgan fingerprint density at radius 2 is 1.81 bits per heavy atom. The van der Waals surface area contributed by atoms with E-state index in [1.54, 1.807) is 37.4 Å². The summed E-state index contributed by atoms with van der Waals surface area (Å²) in [7, 11) is 1.70. The van der Waals surface area contributed by atoms with Crippen molar-refractivity contribution in [1.82, 2.24) is 19.5 Å². The van der Waals surface area contributed by atoms with Gasteiger partial charge in [-0.1, -0.05) is 12.1 Å². The fraction of sp³-hybridized carbons (Fsp3) is 0.353. The van der Waals surface area contributed by atoms with Gasteiger partial charge in [0.15, 0.2) is 5.82 Å².